The van der Waals surface area contributed by atoms with Crippen LogP contribution >= 0.6 is 0 Å². The number of anilines is 1. The Kier molecular flexibility index (Phi) is 4.13. The van der Waals surface area contributed by atoms with Gasteiger partial charge in [0.25, 0.3) is 0 Å². The molecule has 3 nitrogen and oxygen atoms in total. The van der Waals surface area contributed by atoms with E-state index in [0.717, 1.165) is 5.69 Å². The molecule has 1 saturated carbocycles. The molecular weight excluding hydrogens is 214 g/mol. The highest BCUT2D eigenvalue weighted by molar-refractivity contribution is 5.54. The Balaban J connectivity index is 1.99. The van der Waals surface area contributed by atoms with Crippen LogP contribution < -0.4 is 10.1 Å². The Hall–Kier alpha value is -1.38. The Labute approximate surface area is 103 Å². The molecule has 0 spiro atoms. The molecule has 94 valence electrons. The molecular formula is C14H21NO2. The van der Waals surface area contributed by atoms with Crippen LogP contribution in [0.1, 0.15) is 38.5 Å². The quantitative estimate of drug-likeness (QED) is 0.787. The van der Waals surface area contributed by atoms with E-state index in [2.05, 4.69) is 5.32 Å². The number of rotatable bonds is 3. The lowest BCUT2D eigenvalue weighted by Gasteiger charge is -2.18. The SMILES string of the molecule is COc1ccc(NC2CCCCCC2)cc1O. The summed E-state index contributed by atoms with van der Waals surface area (Å²) in [6, 6.07) is 6.05. The number of aromatic hydroxyl groups is 1. The molecule has 0 saturated heterocycles. The largest absolute Gasteiger partial charge is 0.504 e. The number of ether oxygens (including phenoxy) is 1. The van der Waals surface area contributed by atoms with Crippen LogP contribution in [0, 0.1) is 0 Å². The van der Waals surface area contributed by atoms with Crippen molar-refractivity contribution in [1.29, 1.82) is 0 Å². The molecule has 1 aliphatic rings. The van der Waals surface area contributed by atoms with Gasteiger partial charge in [0.05, 0.1) is 7.11 Å². The van der Waals surface area contributed by atoms with E-state index >= 15 is 0 Å². The fourth-order valence-corrected chi connectivity index (χ4v) is 2.44. The lowest BCUT2D eigenvalue weighted by Crippen LogP contribution is -2.18. The second-order valence-corrected chi connectivity index (χ2v) is 4.72. The third-order valence-electron chi connectivity index (χ3n) is 3.40. The highest BCUT2D eigenvalue weighted by Crippen LogP contribution is 2.30. The molecule has 1 aliphatic carbocycles. The molecule has 1 aromatic carbocycles. The Morgan fingerprint density at radius 1 is 1.18 bits per heavy atom. The molecule has 0 radical (unpaired) electrons. The standard InChI is InChI=1S/C14H21NO2/c1-17-14-9-8-12(10-13(14)16)15-11-6-4-2-3-5-7-11/h8-11,15-16H,2-7H2,1H3. The first-order valence-electron chi connectivity index (χ1n) is 6.43. The second-order valence-electron chi connectivity index (χ2n) is 4.72. The molecule has 0 amide bonds. The minimum atomic E-state index is 0.200. The minimum Gasteiger partial charge on any atom is -0.504 e. The number of methoxy groups -OCH3 is 1. The summed E-state index contributed by atoms with van der Waals surface area (Å²) < 4.78 is 5.03. The Bertz CT molecular complexity index is 357. The van der Waals surface area contributed by atoms with Crippen LogP contribution in [-0.2, 0) is 0 Å². The minimum absolute atomic E-state index is 0.200. The topological polar surface area (TPSA) is 41.5 Å². The zero-order valence-electron chi connectivity index (χ0n) is 10.4. The summed E-state index contributed by atoms with van der Waals surface area (Å²) in [6.07, 6.45) is 7.78. The maximum Gasteiger partial charge on any atom is 0.160 e. The molecule has 2 N–H and O–H groups in total. The van der Waals surface area contributed by atoms with Crippen molar-refractivity contribution in [2.24, 2.45) is 0 Å². The summed E-state index contributed by atoms with van der Waals surface area (Å²) in [5.74, 6) is 0.725. The van der Waals surface area contributed by atoms with Crippen LogP contribution in [0.2, 0.25) is 0 Å². The summed E-state index contributed by atoms with van der Waals surface area (Å²) in [4.78, 5) is 0. The van der Waals surface area contributed by atoms with Crippen molar-refractivity contribution in [1.82, 2.24) is 0 Å². The fraction of sp³-hybridized carbons (Fsp3) is 0.571. The highest BCUT2D eigenvalue weighted by atomic mass is 16.5. The molecule has 0 aliphatic heterocycles. The normalized spacial score (nSPS) is 17.5. The second kappa shape index (κ2) is 5.80. The lowest BCUT2D eigenvalue weighted by molar-refractivity contribution is 0.373. The van der Waals surface area contributed by atoms with E-state index in [4.69, 9.17) is 4.74 Å². The van der Waals surface area contributed by atoms with Gasteiger partial charge in [0, 0.05) is 17.8 Å². The summed E-state index contributed by atoms with van der Waals surface area (Å²) in [7, 11) is 1.56. The number of hydrogen-bond acceptors (Lipinski definition) is 3. The maximum atomic E-state index is 9.71. The van der Waals surface area contributed by atoms with E-state index in [1.165, 1.54) is 38.5 Å². The molecule has 0 aromatic heterocycles. The van der Waals surface area contributed by atoms with Crippen LogP contribution in [0.5, 0.6) is 11.5 Å². The molecule has 0 bridgehead atoms. The number of phenolic OH excluding ortho intramolecular Hbond substituents is 1. The van der Waals surface area contributed by atoms with Crippen LogP contribution in [0.15, 0.2) is 18.2 Å². The van der Waals surface area contributed by atoms with Gasteiger partial charge in [-0.15, -0.1) is 0 Å². The van der Waals surface area contributed by atoms with Crippen LogP contribution in [0.3, 0.4) is 0 Å². The van der Waals surface area contributed by atoms with Crippen LogP contribution in [0.4, 0.5) is 5.69 Å². The average Bonchev–Trinajstić information content (AvgIpc) is 2.58. The van der Waals surface area contributed by atoms with Crippen molar-refractivity contribution in [2.45, 2.75) is 44.6 Å². The molecule has 0 unspecified atom stereocenters. The number of benzene rings is 1. The fourth-order valence-electron chi connectivity index (χ4n) is 2.44. The van der Waals surface area contributed by atoms with Gasteiger partial charge in [0.1, 0.15) is 0 Å². The van der Waals surface area contributed by atoms with E-state index in [0.29, 0.717) is 11.8 Å². The maximum absolute atomic E-state index is 9.71. The molecule has 17 heavy (non-hydrogen) atoms. The summed E-state index contributed by atoms with van der Waals surface area (Å²) in [5, 5.41) is 13.2. The van der Waals surface area contributed by atoms with E-state index in [1.807, 2.05) is 6.07 Å². The monoisotopic (exact) mass is 235 g/mol. The molecule has 0 heterocycles. The van der Waals surface area contributed by atoms with E-state index in [9.17, 15) is 5.11 Å². The smallest absolute Gasteiger partial charge is 0.160 e. The molecule has 3 heteroatoms. The molecule has 1 aromatic rings. The summed E-state index contributed by atoms with van der Waals surface area (Å²) >= 11 is 0. The first-order chi connectivity index (χ1) is 8.29. The number of nitrogens with one attached hydrogen (secondary N) is 1. The molecule has 1 fully saturated rings. The third kappa shape index (κ3) is 3.29. The van der Waals surface area contributed by atoms with Gasteiger partial charge in [-0.25, -0.2) is 0 Å². The van der Waals surface area contributed by atoms with Crippen molar-refractivity contribution < 1.29 is 9.84 Å². The van der Waals surface area contributed by atoms with E-state index in [1.54, 1.807) is 19.2 Å². The van der Waals surface area contributed by atoms with Crippen molar-refractivity contribution >= 4 is 5.69 Å². The predicted molar refractivity (Wildman–Crippen MR) is 69.8 cm³/mol. The van der Waals surface area contributed by atoms with E-state index < -0.39 is 0 Å². The van der Waals surface area contributed by atoms with Crippen LogP contribution in [-0.4, -0.2) is 18.3 Å². The number of hydrogen-bond donors (Lipinski definition) is 2. The van der Waals surface area contributed by atoms with Gasteiger partial charge in [-0.1, -0.05) is 25.7 Å². The van der Waals surface area contributed by atoms with Gasteiger partial charge < -0.3 is 15.2 Å². The van der Waals surface area contributed by atoms with Crippen molar-refractivity contribution in [3.63, 3.8) is 0 Å². The van der Waals surface area contributed by atoms with Gasteiger partial charge in [-0.3, -0.25) is 0 Å². The zero-order valence-corrected chi connectivity index (χ0v) is 10.4. The highest BCUT2D eigenvalue weighted by Gasteiger charge is 2.12. The van der Waals surface area contributed by atoms with Gasteiger partial charge in [-0.2, -0.15) is 0 Å². The number of phenols is 1. The Morgan fingerprint density at radius 3 is 2.47 bits per heavy atom. The lowest BCUT2D eigenvalue weighted by atomic mass is 10.1. The average molecular weight is 235 g/mol. The predicted octanol–water partition coefficient (Wildman–Crippen LogP) is 3.54. The van der Waals surface area contributed by atoms with Gasteiger partial charge in [0.2, 0.25) is 0 Å². The summed E-state index contributed by atoms with van der Waals surface area (Å²) in [5.41, 5.74) is 0.982. The van der Waals surface area contributed by atoms with Crippen molar-refractivity contribution in [3.8, 4) is 11.5 Å². The van der Waals surface area contributed by atoms with Gasteiger partial charge in [-0.05, 0) is 25.0 Å². The first-order valence-corrected chi connectivity index (χ1v) is 6.43. The van der Waals surface area contributed by atoms with Crippen molar-refractivity contribution in [2.75, 3.05) is 12.4 Å². The molecule has 0 atom stereocenters. The van der Waals surface area contributed by atoms with Crippen LogP contribution in [0.25, 0.3) is 0 Å². The third-order valence-corrected chi connectivity index (χ3v) is 3.40. The van der Waals surface area contributed by atoms with Gasteiger partial charge in [0.15, 0.2) is 11.5 Å². The van der Waals surface area contributed by atoms with E-state index in [-0.39, 0.29) is 5.75 Å². The Morgan fingerprint density at radius 2 is 1.88 bits per heavy atom. The van der Waals surface area contributed by atoms with Crippen molar-refractivity contribution in [3.05, 3.63) is 18.2 Å². The zero-order chi connectivity index (χ0) is 12.1. The summed E-state index contributed by atoms with van der Waals surface area (Å²) in [6.45, 7) is 0. The first kappa shape index (κ1) is 12.1. The molecule has 2 rings (SSSR count). The van der Waals surface area contributed by atoms with Gasteiger partial charge >= 0.3 is 0 Å².